The Labute approximate surface area is 227 Å². The van der Waals surface area contributed by atoms with Crippen LogP contribution in [-0.2, 0) is 4.74 Å². The van der Waals surface area contributed by atoms with Crippen molar-refractivity contribution in [3.8, 4) is 0 Å². The van der Waals surface area contributed by atoms with E-state index in [4.69, 9.17) is 9.84 Å². The van der Waals surface area contributed by atoms with Crippen molar-refractivity contribution >= 4 is 6.09 Å². The third-order valence-electron chi connectivity index (χ3n) is 11.6. The van der Waals surface area contributed by atoms with E-state index in [-0.39, 0.29) is 18.8 Å². The minimum atomic E-state index is -0.264. The highest BCUT2D eigenvalue weighted by atomic mass is 16.6. The van der Waals surface area contributed by atoms with Crippen molar-refractivity contribution in [3.63, 3.8) is 0 Å². The minimum Gasteiger partial charge on any atom is -0.446 e. The monoisotopic (exact) mass is 515 g/mol. The van der Waals surface area contributed by atoms with Crippen LogP contribution >= 0.6 is 0 Å². The van der Waals surface area contributed by atoms with E-state index in [0.29, 0.717) is 17.4 Å². The number of nitrogens with one attached hydrogen (secondary N) is 1. The Morgan fingerprint density at radius 2 is 1.84 bits per heavy atom. The molecule has 0 aromatic rings. The lowest BCUT2D eigenvalue weighted by Gasteiger charge is -2.58. The molecule has 3 unspecified atom stereocenters. The fourth-order valence-corrected chi connectivity index (χ4v) is 9.55. The summed E-state index contributed by atoms with van der Waals surface area (Å²) in [4.78, 5) is 12.4. The fourth-order valence-electron chi connectivity index (χ4n) is 9.55. The Kier molecular flexibility index (Phi) is 9.73. The molecule has 0 bridgehead atoms. The van der Waals surface area contributed by atoms with E-state index in [1.165, 1.54) is 51.4 Å². The van der Waals surface area contributed by atoms with Crippen LogP contribution in [0.15, 0.2) is 11.6 Å². The molecular formula is C33H57NO3. The molecule has 4 aliphatic rings. The van der Waals surface area contributed by atoms with Crippen molar-refractivity contribution in [1.82, 2.24) is 5.32 Å². The maximum Gasteiger partial charge on any atom is 0.407 e. The van der Waals surface area contributed by atoms with E-state index >= 15 is 0 Å². The first-order chi connectivity index (χ1) is 17.7. The number of carbonyl (C=O) groups is 1. The first kappa shape index (κ1) is 29.0. The molecule has 0 saturated heterocycles. The summed E-state index contributed by atoms with van der Waals surface area (Å²) >= 11 is 0. The average molecular weight is 516 g/mol. The smallest absolute Gasteiger partial charge is 0.407 e. The molecule has 0 aliphatic heterocycles. The van der Waals surface area contributed by atoms with Gasteiger partial charge in [-0.1, -0.05) is 65.5 Å². The van der Waals surface area contributed by atoms with Gasteiger partial charge in [0.05, 0.1) is 0 Å². The van der Waals surface area contributed by atoms with Gasteiger partial charge in [-0.3, -0.25) is 0 Å². The van der Waals surface area contributed by atoms with Gasteiger partial charge in [-0.25, -0.2) is 4.79 Å². The third-order valence-corrected chi connectivity index (χ3v) is 11.6. The van der Waals surface area contributed by atoms with Crippen LogP contribution in [-0.4, -0.2) is 30.5 Å². The number of alkyl carbamates (subject to hydrolysis) is 1. The van der Waals surface area contributed by atoms with Crippen molar-refractivity contribution in [2.45, 2.75) is 131 Å². The predicted octanol–water partition coefficient (Wildman–Crippen LogP) is 8.29. The summed E-state index contributed by atoms with van der Waals surface area (Å²) in [7, 11) is 0. The molecule has 2 N–H and O–H groups in total. The highest BCUT2D eigenvalue weighted by molar-refractivity contribution is 5.67. The van der Waals surface area contributed by atoms with Gasteiger partial charge in [0.15, 0.2) is 0 Å². The van der Waals surface area contributed by atoms with Crippen LogP contribution in [0.4, 0.5) is 4.79 Å². The van der Waals surface area contributed by atoms with Gasteiger partial charge < -0.3 is 15.2 Å². The Hall–Kier alpha value is -1.03. The minimum absolute atomic E-state index is 0.0183. The highest BCUT2D eigenvalue weighted by Gasteiger charge is 2.59. The van der Waals surface area contributed by atoms with E-state index < -0.39 is 0 Å². The number of fused-ring (bicyclic) bond motifs is 5. The topological polar surface area (TPSA) is 58.6 Å². The van der Waals surface area contributed by atoms with Crippen LogP contribution in [0.3, 0.4) is 0 Å². The Morgan fingerprint density at radius 1 is 1.03 bits per heavy atom. The zero-order valence-corrected chi connectivity index (χ0v) is 24.7. The number of aliphatic hydroxyl groups excluding tert-OH is 1. The largest absolute Gasteiger partial charge is 0.446 e. The molecule has 0 radical (unpaired) electrons. The molecule has 3 fully saturated rings. The van der Waals surface area contributed by atoms with E-state index in [1.54, 1.807) is 5.57 Å². The Morgan fingerprint density at radius 3 is 2.59 bits per heavy atom. The number of aliphatic hydroxyl groups is 1. The summed E-state index contributed by atoms with van der Waals surface area (Å²) in [6.07, 6.45) is 19.2. The van der Waals surface area contributed by atoms with Gasteiger partial charge in [0.25, 0.3) is 0 Å². The van der Waals surface area contributed by atoms with Crippen molar-refractivity contribution in [2.24, 2.45) is 46.3 Å². The lowest BCUT2D eigenvalue weighted by atomic mass is 9.47. The number of unbranched alkanes of at least 4 members (excludes halogenated alkanes) is 2. The second-order valence-electron chi connectivity index (χ2n) is 14.3. The van der Waals surface area contributed by atoms with Crippen molar-refractivity contribution in [2.75, 3.05) is 13.2 Å². The summed E-state index contributed by atoms with van der Waals surface area (Å²) < 4.78 is 5.86. The SMILES string of the molecule is CC(C)CCC[C@H](C)[C@@H]1CCC2C3CC=C4C[C@H](OC(=O)NCCCCCO)CC[C@@]4(C)C3CC[C@]21C. The van der Waals surface area contributed by atoms with Crippen molar-refractivity contribution in [3.05, 3.63) is 11.6 Å². The molecule has 4 heteroatoms. The van der Waals surface area contributed by atoms with Gasteiger partial charge in [0, 0.05) is 19.6 Å². The third kappa shape index (κ3) is 6.25. The molecule has 4 aliphatic carbocycles. The Bertz CT molecular complexity index is 792. The van der Waals surface area contributed by atoms with Gasteiger partial charge in [-0.05, 0) is 111 Å². The molecule has 3 saturated carbocycles. The lowest BCUT2D eigenvalue weighted by molar-refractivity contribution is -0.0581. The normalized spacial score (nSPS) is 37.8. The number of hydrogen-bond donors (Lipinski definition) is 2. The molecular weight excluding hydrogens is 458 g/mol. The summed E-state index contributed by atoms with van der Waals surface area (Å²) in [6, 6.07) is 0. The standard InChI is InChI=1S/C33H57NO3/c1-23(2)10-9-11-24(3)28-14-15-29-27-13-12-25-22-26(37-31(36)34-20-7-6-8-21-35)16-18-32(25,4)30(27)17-19-33(28,29)5/h12,23-24,26-30,35H,6-11,13-22H2,1-5H3,(H,34,36)/t24-,26+,27?,28-,29?,30?,32+,33-/m0/s1. The van der Waals surface area contributed by atoms with Crippen LogP contribution in [0.25, 0.3) is 0 Å². The molecule has 0 heterocycles. The van der Waals surface area contributed by atoms with Crippen LogP contribution in [0.5, 0.6) is 0 Å². The Balaban J connectivity index is 1.34. The molecule has 4 nitrogen and oxygen atoms in total. The van der Waals surface area contributed by atoms with Gasteiger partial charge in [0.1, 0.15) is 6.10 Å². The molecule has 0 aromatic carbocycles. The van der Waals surface area contributed by atoms with Crippen LogP contribution in [0.2, 0.25) is 0 Å². The zero-order chi connectivity index (χ0) is 26.6. The van der Waals surface area contributed by atoms with Crippen molar-refractivity contribution < 1.29 is 14.6 Å². The summed E-state index contributed by atoms with van der Waals surface area (Å²) in [5, 5.41) is 11.8. The number of ether oxygens (including phenoxy) is 1. The van der Waals surface area contributed by atoms with Gasteiger partial charge in [0.2, 0.25) is 0 Å². The van der Waals surface area contributed by atoms with Crippen LogP contribution in [0.1, 0.15) is 125 Å². The number of amides is 1. The summed E-state index contributed by atoms with van der Waals surface area (Å²) in [5.41, 5.74) is 2.42. The predicted molar refractivity (Wildman–Crippen MR) is 152 cm³/mol. The second-order valence-corrected chi connectivity index (χ2v) is 14.3. The number of allylic oxidation sites excluding steroid dienone is 1. The molecule has 0 aromatic heterocycles. The second kappa shape index (κ2) is 12.4. The average Bonchev–Trinajstić information content (AvgIpc) is 3.21. The first-order valence-corrected chi connectivity index (χ1v) is 15.9. The molecule has 0 spiro atoms. The summed E-state index contributed by atoms with van der Waals surface area (Å²) in [5.74, 6) is 5.15. The maximum atomic E-state index is 12.4. The number of rotatable bonds is 11. The van der Waals surface area contributed by atoms with Gasteiger partial charge >= 0.3 is 6.09 Å². The van der Waals surface area contributed by atoms with Crippen LogP contribution < -0.4 is 5.32 Å². The number of hydrogen-bond acceptors (Lipinski definition) is 3. The fraction of sp³-hybridized carbons (Fsp3) is 0.909. The van der Waals surface area contributed by atoms with Crippen LogP contribution in [0, 0.1) is 46.3 Å². The quantitative estimate of drug-likeness (QED) is 0.215. The molecule has 4 rings (SSSR count). The first-order valence-electron chi connectivity index (χ1n) is 15.9. The zero-order valence-electron chi connectivity index (χ0n) is 24.7. The maximum absolute atomic E-state index is 12.4. The van der Waals surface area contributed by atoms with E-state index in [0.717, 1.165) is 74.0 Å². The van der Waals surface area contributed by atoms with Gasteiger partial charge in [-0.15, -0.1) is 0 Å². The molecule has 212 valence electrons. The lowest BCUT2D eigenvalue weighted by Crippen LogP contribution is -2.51. The van der Waals surface area contributed by atoms with Crippen molar-refractivity contribution in [1.29, 1.82) is 0 Å². The van der Waals surface area contributed by atoms with E-state index in [2.05, 4.69) is 46.0 Å². The molecule has 1 amide bonds. The van der Waals surface area contributed by atoms with Gasteiger partial charge in [-0.2, -0.15) is 0 Å². The highest BCUT2D eigenvalue weighted by Crippen LogP contribution is 2.67. The summed E-state index contributed by atoms with van der Waals surface area (Å²) in [6.45, 7) is 13.4. The van der Waals surface area contributed by atoms with E-state index in [9.17, 15) is 4.79 Å². The number of carbonyl (C=O) groups excluding carboxylic acids is 1. The molecule has 37 heavy (non-hydrogen) atoms. The molecule has 8 atom stereocenters. The van der Waals surface area contributed by atoms with E-state index in [1.807, 2.05) is 0 Å².